The highest BCUT2D eigenvalue weighted by Gasteiger charge is 2.49. The van der Waals surface area contributed by atoms with E-state index in [4.69, 9.17) is 18.6 Å². The van der Waals surface area contributed by atoms with E-state index in [-0.39, 0.29) is 24.8 Å². The summed E-state index contributed by atoms with van der Waals surface area (Å²) in [6.07, 6.45) is 0. The molecular weight excluding hydrogens is 230 g/mol. The molecule has 6 heteroatoms. The Balaban J connectivity index is 1.84. The van der Waals surface area contributed by atoms with Crippen LogP contribution in [0.15, 0.2) is 0 Å². The first-order valence-electron chi connectivity index (χ1n) is 6.79. The van der Waals surface area contributed by atoms with Gasteiger partial charge in [0.2, 0.25) is 0 Å². The van der Waals surface area contributed by atoms with Crippen molar-refractivity contribution in [2.24, 2.45) is 16.7 Å². The topological polar surface area (TPSA) is 36.9 Å². The van der Waals surface area contributed by atoms with Crippen molar-refractivity contribution in [3.8, 4) is 0 Å². The average Bonchev–Trinajstić information content (AvgIpc) is 2.30. The summed E-state index contributed by atoms with van der Waals surface area (Å²) in [7, 11) is -0.761. The van der Waals surface area contributed by atoms with E-state index in [0.717, 1.165) is 0 Å². The fraction of sp³-hybridized carbons (Fsp3) is 1.00. The van der Waals surface area contributed by atoms with E-state index in [1.165, 1.54) is 0 Å². The molecule has 102 valence electrons. The van der Waals surface area contributed by atoms with E-state index in [1.807, 2.05) is 0 Å². The fourth-order valence-corrected chi connectivity index (χ4v) is 1.99. The molecule has 0 aromatic carbocycles. The summed E-state index contributed by atoms with van der Waals surface area (Å²) in [5.41, 5.74) is 0.169. The quantitative estimate of drug-likeness (QED) is 0.704. The van der Waals surface area contributed by atoms with Gasteiger partial charge in [-0.15, -0.1) is 0 Å². The molecule has 4 nitrogen and oxygen atoms in total. The fourth-order valence-electron chi connectivity index (χ4n) is 1.99. The lowest BCUT2D eigenvalue weighted by molar-refractivity contribution is -0.0196. The van der Waals surface area contributed by atoms with E-state index in [1.54, 1.807) is 0 Å². The lowest BCUT2D eigenvalue weighted by atomic mass is 9.47. The molecule has 2 saturated heterocycles. The van der Waals surface area contributed by atoms with Crippen LogP contribution in [0.5, 0.6) is 0 Å². The molecule has 0 aromatic heterocycles. The van der Waals surface area contributed by atoms with Gasteiger partial charge in [-0.25, -0.2) is 0 Å². The molecule has 0 bridgehead atoms. The first-order chi connectivity index (χ1) is 8.32. The Morgan fingerprint density at radius 3 is 1.56 bits per heavy atom. The van der Waals surface area contributed by atoms with E-state index in [9.17, 15) is 0 Å². The number of hydrogen-bond donors (Lipinski definition) is 0. The second-order valence-corrected chi connectivity index (χ2v) is 6.95. The molecular formula is C12H24B2O4. The van der Waals surface area contributed by atoms with Crippen molar-refractivity contribution in [3.63, 3.8) is 0 Å². The van der Waals surface area contributed by atoms with Crippen molar-refractivity contribution < 1.29 is 18.6 Å². The van der Waals surface area contributed by atoms with Gasteiger partial charge in [0.1, 0.15) is 0 Å². The van der Waals surface area contributed by atoms with Crippen LogP contribution in [0.2, 0.25) is 0 Å². The van der Waals surface area contributed by atoms with E-state index >= 15 is 0 Å². The van der Waals surface area contributed by atoms with Crippen LogP contribution in [-0.2, 0) is 18.6 Å². The third-order valence-electron chi connectivity index (χ3n) is 4.05. The molecule has 0 radical (unpaired) electrons. The summed E-state index contributed by atoms with van der Waals surface area (Å²) < 4.78 is 23.0. The largest absolute Gasteiger partial charge is 0.488 e. The Labute approximate surface area is 111 Å². The molecule has 2 aliphatic heterocycles. The molecule has 0 aliphatic carbocycles. The Hall–Kier alpha value is -0.0301. The zero-order valence-electron chi connectivity index (χ0n) is 12.2. The van der Waals surface area contributed by atoms with Crippen LogP contribution in [0, 0.1) is 16.7 Å². The first-order valence-corrected chi connectivity index (χ1v) is 6.79. The zero-order chi connectivity index (χ0) is 13.4. The van der Waals surface area contributed by atoms with Gasteiger partial charge in [-0.2, -0.15) is 0 Å². The zero-order valence-corrected chi connectivity index (χ0v) is 12.2. The highest BCUT2D eigenvalue weighted by atomic mass is 16.7. The molecule has 0 spiro atoms. The summed E-state index contributed by atoms with van der Waals surface area (Å²) in [5.74, 6) is 0.533. The van der Waals surface area contributed by atoms with Gasteiger partial charge in [0.15, 0.2) is 0 Å². The predicted molar refractivity (Wildman–Crippen MR) is 72.0 cm³/mol. The molecule has 0 aromatic rings. The molecule has 0 atom stereocenters. The maximum atomic E-state index is 5.79. The van der Waals surface area contributed by atoms with E-state index in [2.05, 4.69) is 34.6 Å². The number of rotatable bonds is 2. The summed E-state index contributed by atoms with van der Waals surface area (Å²) in [4.78, 5) is 0. The van der Waals surface area contributed by atoms with Crippen molar-refractivity contribution in [2.75, 3.05) is 26.4 Å². The van der Waals surface area contributed by atoms with Gasteiger partial charge in [-0.1, -0.05) is 34.6 Å². The third-order valence-corrected chi connectivity index (χ3v) is 4.05. The van der Waals surface area contributed by atoms with Gasteiger partial charge in [-0.05, 0) is 5.92 Å². The smallest absolute Gasteiger partial charge is 0.413 e. The van der Waals surface area contributed by atoms with Crippen LogP contribution >= 0.6 is 0 Å². The molecule has 2 rings (SSSR count). The summed E-state index contributed by atoms with van der Waals surface area (Å²) in [5, 5.41) is 0. The summed E-state index contributed by atoms with van der Waals surface area (Å²) in [6, 6.07) is 0. The lowest BCUT2D eigenvalue weighted by Gasteiger charge is -2.41. The van der Waals surface area contributed by atoms with Crippen LogP contribution in [0.4, 0.5) is 0 Å². The standard InChI is InChI=1S/C12H24B2O4/c1-10(2)12(5)8-17-14(18-9-12)13-15-6-11(3,4)7-16-13/h10H,6-9H2,1-5H3. The van der Waals surface area contributed by atoms with Gasteiger partial charge < -0.3 is 18.6 Å². The van der Waals surface area contributed by atoms with Crippen LogP contribution in [-0.4, -0.2) is 40.4 Å². The molecule has 0 N–H and O–H groups in total. The lowest BCUT2D eigenvalue weighted by Crippen LogP contribution is -2.57. The maximum Gasteiger partial charge on any atom is 0.488 e. The average molecular weight is 254 g/mol. The van der Waals surface area contributed by atoms with Crippen molar-refractivity contribution in [3.05, 3.63) is 0 Å². The van der Waals surface area contributed by atoms with Crippen molar-refractivity contribution in [1.82, 2.24) is 0 Å². The Bertz CT molecular complexity index is 278. The van der Waals surface area contributed by atoms with Crippen LogP contribution < -0.4 is 0 Å². The molecule has 0 amide bonds. The van der Waals surface area contributed by atoms with Crippen LogP contribution in [0.1, 0.15) is 34.6 Å². The SMILES string of the molecule is CC(C)C1(C)COB(B2OCC(C)(C)CO2)OC1. The van der Waals surface area contributed by atoms with Gasteiger partial charge in [0.25, 0.3) is 0 Å². The minimum Gasteiger partial charge on any atom is -0.413 e. The van der Waals surface area contributed by atoms with E-state index in [0.29, 0.717) is 32.3 Å². The highest BCUT2D eigenvalue weighted by Crippen LogP contribution is 2.32. The Morgan fingerprint density at radius 2 is 1.17 bits per heavy atom. The van der Waals surface area contributed by atoms with Crippen molar-refractivity contribution >= 4 is 14.0 Å². The monoisotopic (exact) mass is 254 g/mol. The van der Waals surface area contributed by atoms with Crippen molar-refractivity contribution in [2.45, 2.75) is 34.6 Å². The summed E-state index contributed by atoms with van der Waals surface area (Å²) >= 11 is 0. The molecule has 0 saturated carbocycles. The van der Waals surface area contributed by atoms with E-state index < -0.39 is 0 Å². The first kappa shape index (κ1) is 14.4. The molecule has 18 heavy (non-hydrogen) atoms. The van der Waals surface area contributed by atoms with Gasteiger partial charge in [0.05, 0.1) is 0 Å². The number of hydrogen-bond acceptors (Lipinski definition) is 4. The predicted octanol–water partition coefficient (Wildman–Crippen LogP) is 1.82. The summed E-state index contributed by atoms with van der Waals surface area (Å²) in [6.45, 7) is 13.6. The van der Waals surface area contributed by atoms with Gasteiger partial charge >= 0.3 is 14.0 Å². The van der Waals surface area contributed by atoms with Crippen LogP contribution in [0.25, 0.3) is 0 Å². The molecule has 2 fully saturated rings. The molecule has 2 aliphatic rings. The Kier molecular flexibility index (Phi) is 4.12. The molecule has 2 heterocycles. The van der Waals surface area contributed by atoms with Gasteiger partial charge in [0, 0.05) is 37.3 Å². The second kappa shape index (κ2) is 5.16. The second-order valence-electron chi connectivity index (χ2n) is 6.95. The van der Waals surface area contributed by atoms with Gasteiger partial charge in [-0.3, -0.25) is 0 Å². The normalized spacial score (nSPS) is 27.7. The van der Waals surface area contributed by atoms with Crippen LogP contribution in [0.3, 0.4) is 0 Å². The molecule has 0 unspecified atom stereocenters. The highest BCUT2D eigenvalue weighted by molar-refractivity contribution is 7.10. The minimum atomic E-state index is -0.382. The third kappa shape index (κ3) is 3.10. The Morgan fingerprint density at radius 1 is 0.778 bits per heavy atom. The van der Waals surface area contributed by atoms with Crippen molar-refractivity contribution in [1.29, 1.82) is 0 Å². The maximum absolute atomic E-state index is 5.79. The minimum absolute atomic E-state index is 0.0810.